The molecule has 0 saturated heterocycles. The Hall–Kier alpha value is -1.37. The fourth-order valence-electron chi connectivity index (χ4n) is 1.84. The van der Waals surface area contributed by atoms with E-state index in [1.165, 1.54) is 6.20 Å². The summed E-state index contributed by atoms with van der Waals surface area (Å²) in [7, 11) is 0. The molecule has 2 unspecified atom stereocenters. The zero-order chi connectivity index (χ0) is 16.9. The molecular weight excluding hydrogens is 308 g/mol. The fraction of sp³-hybridized carbons (Fsp3) is 0.600. The van der Waals surface area contributed by atoms with Crippen LogP contribution >= 0.6 is 11.6 Å². The number of nitrogens with zero attached hydrogens (tertiary/aromatic N) is 1. The summed E-state index contributed by atoms with van der Waals surface area (Å²) in [4.78, 5) is 15.5. The number of ether oxygens (including phenoxy) is 1. The van der Waals surface area contributed by atoms with E-state index in [4.69, 9.17) is 16.3 Å². The second-order valence-corrected chi connectivity index (χ2v) is 6.52. The van der Waals surface area contributed by atoms with Crippen LogP contribution in [-0.4, -0.2) is 39.5 Å². The minimum absolute atomic E-state index is 0.171. The highest BCUT2D eigenvalue weighted by molar-refractivity contribution is 6.30. The van der Waals surface area contributed by atoms with Crippen LogP contribution in [0.4, 0.5) is 4.79 Å². The average Bonchev–Trinajstić information content (AvgIpc) is 2.35. The molecule has 124 valence electrons. The number of rotatable bonds is 5. The molecule has 0 spiro atoms. The number of carbonyl (C=O) groups is 1. The lowest BCUT2D eigenvalue weighted by Crippen LogP contribution is -2.34. The molecule has 0 bridgehead atoms. The summed E-state index contributed by atoms with van der Waals surface area (Å²) >= 11 is 5.80. The van der Waals surface area contributed by atoms with Crippen LogP contribution in [0.3, 0.4) is 0 Å². The molecule has 0 aliphatic carbocycles. The van der Waals surface area contributed by atoms with Gasteiger partial charge in [0.1, 0.15) is 11.7 Å². The summed E-state index contributed by atoms with van der Waals surface area (Å²) in [6.07, 6.45) is -1.17. The second-order valence-electron chi connectivity index (χ2n) is 6.09. The predicted molar refractivity (Wildman–Crippen MR) is 83.8 cm³/mol. The highest BCUT2D eigenvalue weighted by atomic mass is 35.5. The molecule has 1 heterocycles. The van der Waals surface area contributed by atoms with Crippen molar-refractivity contribution >= 4 is 17.7 Å². The molecule has 1 rings (SSSR count). The van der Waals surface area contributed by atoms with Crippen molar-refractivity contribution in [3.8, 4) is 0 Å². The Kier molecular flexibility index (Phi) is 6.59. The third-order valence-electron chi connectivity index (χ3n) is 2.84. The normalized spacial score (nSPS) is 14.3. The first-order valence-electron chi connectivity index (χ1n) is 7.05. The van der Waals surface area contributed by atoms with Gasteiger partial charge in [0.15, 0.2) is 0 Å². The van der Waals surface area contributed by atoms with E-state index in [9.17, 15) is 15.0 Å². The molecule has 0 aliphatic rings. The molecule has 0 saturated carbocycles. The van der Waals surface area contributed by atoms with Crippen LogP contribution in [0.1, 0.15) is 44.6 Å². The standard InChI is InChI=1S/C15H23ClN2O4/c1-9-7-10(16)8-18-12(9)13(20)11(19)5-6-17-14(21)22-15(2,3)4/h7-8,11,13,19-20H,5-6H2,1-4H3,(H,17,21). The zero-order valence-electron chi connectivity index (χ0n) is 13.3. The summed E-state index contributed by atoms with van der Waals surface area (Å²) in [5.74, 6) is 0. The molecule has 0 aliphatic heterocycles. The first-order valence-corrected chi connectivity index (χ1v) is 7.43. The lowest BCUT2D eigenvalue weighted by Gasteiger charge is -2.21. The van der Waals surface area contributed by atoms with E-state index in [2.05, 4.69) is 10.3 Å². The molecule has 3 N–H and O–H groups in total. The Bertz CT molecular complexity index is 517. The minimum Gasteiger partial charge on any atom is -0.444 e. The molecular formula is C15H23ClN2O4. The number of hydrogen-bond acceptors (Lipinski definition) is 5. The summed E-state index contributed by atoms with van der Waals surface area (Å²) in [6, 6.07) is 1.67. The summed E-state index contributed by atoms with van der Waals surface area (Å²) in [5.41, 5.74) is 0.486. The van der Waals surface area contributed by atoms with Crippen molar-refractivity contribution in [1.29, 1.82) is 0 Å². The van der Waals surface area contributed by atoms with Crippen molar-refractivity contribution in [3.05, 3.63) is 28.5 Å². The van der Waals surface area contributed by atoms with Crippen LogP contribution in [0, 0.1) is 6.92 Å². The van der Waals surface area contributed by atoms with E-state index in [-0.39, 0.29) is 13.0 Å². The Balaban J connectivity index is 2.48. The quantitative estimate of drug-likeness (QED) is 0.770. The van der Waals surface area contributed by atoms with Crippen molar-refractivity contribution in [3.63, 3.8) is 0 Å². The van der Waals surface area contributed by atoms with Gasteiger partial charge < -0.3 is 20.3 Å². The van der Waals surface area contributed by atoms with Gasteiger partial charge in [0, 0.05) is 12.7 Å². The largest absolute Gasteiger partial charge is 0.444 e. The molecule has 2 atom stereocenters. The van der Waals surface area contributed by atoms with Crippen molar-refractivity contribution in [2.75, 3.05) is 6.54 Å². The van der Waals surface area contributed by atoms with E-state index in [0.29, 0.717) is 16.3 Å². The van der Waals surface area contributed by atoms with Crippen molar-refractivity contribution in [2.45, 2.75) is 51.9 Å². The minimum atomic E-state index is -1.14. The lowest BCUT2D eigenvalue weighted by atomic mass is 10.0. The van der Waals surface area contributed by atoms with Crippen LogP contribution in [0.5, 0.6) is 0 Å². The third kappa shape index (κ3) is 6.17. The van der Waals surface area contributed by atoms with Gasteiger partial charge in [-0.25, -0.2) is 4.79 Å². The molecule has 0 aromatic carbocycles. The molecule has 1 aromatic rings. The van der Waals surface area contributed by atoms with Crippen LogP contribution < -0.4 is 5.32 Å². The van der Waals surface area contributed by atoms with E-state index in [1.54, 1.807) is 33.8 Å². The van der Waals surface area contributed by atoms with Gasteiger partial charge >= 0.3 is 6.09 Å². The summed E-state index contributed by atoms with van der Waals surface area (Å²) in [5, 5.41) is 23.1. The predicted octanol–water partition coefficient (Wildman–Crippen LogP) is 2.35. The highest BCUT2D eigenvalue weighted by Crippen LogP contribution is 2.22. The number of hydrogen-bond donors (Lipinski definition) is 3. The van der Waals surface area contributed by atoms with Gasteiger partial charge in [0.2, 0.25) is 0 Å². The maximum absolute atomic E-state index is 11.5. The Morgan fingerprint density at radius 2 is 2.09 bits per heavy atom. The van der Waals surface area contributed by atoms with E-state index >= 15 is 0 Å². The average molecular weight is 331 g/mol. The number of alkyl carbamates (subject to hydrolysis) is 1. The Morgan fingerprint density at radius 1 is 1.45 bits per heavy atom. The molecule has 0 fully saturated rings. The van der Waals surface area contributed by atoms with Crippen LogP contribution in [0.15, 0.2) is 12.3 Å². The van der Waals surface area contributed by atoms with Gasteiger partial charge in [0.05, 0.1) is 16.8 Å². The van der Waals surface area contributed by atoms with Crippen molar-refractivity contribution in [2.24, 2.45) is 0 Å². The highest BCUT2D eigenvalue weighted by Gasteiger charge is 2.22. The van der Waals surface area contributed by atoms with Gasteiger partial charge in [-0.05, 0) is 45.7 Å². The van der Waals surface area contributed by atoms with Crippen LogP contribution in [0.2, 0.25) is 5.02 Å². The van der Waals surface area contributed by atoms with Gasteiger partial charge in [-0.1, -0.05) is 11.6 Å². The summed E-state index contributed by atoms with van der Waals surface area (Å²) < 4.78 is 5.08. The van der Waals surface area contributed by atoms with Crippen molar-refractivity contribution < 1.29 is 19.7 Å². The molecule has 6 nitrogen and oxygen atoms in total. The van der Waals surface area contributed by atoms with E-state index < -0.39 is 23.9 Å². The molecule has 1 amide bonds. The number of aryl methyl sites for hydroxylation is 1. The summed E-state index contributed by atoms with van der Waals surface area (Å²) in [6.45, 7) is 7.23. The smallest absolute Gasteiger partial charge is 0.407 e. The van der Waals surface area contributed by atoms with Gasteiger partial charge in [-0.2, -0.15) is 0 Å². The molecule has 0 radical (unpaired) electrons. The Labute approximate surface area is 135 Å². The first kappa shape index (κ1) is 18.7. The molecule has 22 heavy (non-hydrogen) atoms. The molecule has 7 heteroatoms. The number of pyridine rings is 1. The van der Waals surface area contributed by atoms with E-state index in [0.717, 1.165) is 0 Å². The number of carbonyl (C=O) groups excluding carboxylic acids is 1. The Morgan fingerprint density at radius 3 is 2.64 bits per heavy atom. The van der Waals surface area contributed by atoms with Crippen LogP contribution in [-0.2, 0) is 4.74 Å². The topological polar surface area (TPSA) is 91.7 Å². The third-order valence-corrected chi connectivity index (χ3v) is 3.05. The second kappa shape index (κ2) is 7.76. The van der Waals surface area contributed by atoms with Gasteiger partial charge in [-0.3, -0.25) is 4.98 Å². The zero-order valence-corrected chi connectivity index (χ0v) is 14.0. The number of amides is 1. The lowest BCUT2D eigenvalue weighted by molar-refractivity contribution is 0.00956. The number of aliphatic hydroxyl groups is 2. The van der Waals surface area contributed by atoms with E-state index in [1.807, 2.05) is 0 Å². The monoisotopic (exact) mass is 330 g/mol. The van der Waals surface area contributed by atoms with Gasteiger partial charge in [0.25, 0.3) is 0 Å². The van der Waals surface area contributed by atoms with Crippen molar-refractivity contribution in [1.82, 2.24) is 10.3 Å². The maximum atomic E-state index is 11.5. The SMILES string of the molecule is Cc1cc(Cl)cnc1C(O)C(O)CCNC(=O)OC(C)(C)C. The van der Waals surface area contributed by atoms with Gasteiger partial charge in [-0.15, -0.1) is 0 Å². The maximum Gasteiger partial charge on any atom is 0.407 e. The molecule has 1 aromatic heterocycles. The number of halogens is 1. The number of nitrogens with one attached hydrogen (secondary N) is 1. The number of aromatic nitrogens is 1. The first-order chi connectivity index (χ1) is 10.1. The number of aliphatic hydroxyl groups excluding tert-OH is 2. The van der Waals surface area contributed by atoms with Crippen LogP contribution in [0.25, 0.3) is 0 Å². The fourth-order valence-corrected chi connectivity index (χ4v) is 2.05.